The van der Waals surface area contributed by atoms with Gasteiger partial charge in [-0.3, -0.25) is 19.1 Å². The predicted octanol–water partition coefficient (Wildman–Crippen LogP) is 3.27. The number of hydrogen-bond acceptors (Lipinski definition) is 5. The number of aromatic nitrogens is 2. The molecule has 1 aromatic heterocycles. The maximum atomic E-state index is 13.9. The van der Waals surface area contributed by atoms with Gasteiger partial charge in [-0.1, -0.05) is 62.4 Å². The second-order valence-electron chi connectivity index (χ2n) is 13.7. The molecule has 3 aliphatic heterocycles. The molecule has 2 aromatic carbocycles. The average molecular weight is 581 g/mol. The van der Waals surface area contributed by atoms with Gasteiger partial charge in [0, 0.05) is 68.5 Å². The molecule has 9 heteroatoms. The number of benzene rings is 2. The van der Waals surface area contributed by atoms with Crippen molar-refractivity contribution in [3.8, 4) is 0 Å². The van der Waals surface area contributed by atoms with Crippen LogP contribution >= 0.6 is 0 Å². The predicted molar refractivity (Wildman–Crippen MR) is 163 cm³/mol. The summed E-state index contributed by atoms with van der Waals surface area (Å²) in [6, 6.07) is 20.4. The fourth-order valence-electron chi connectivity index (χ4n) is 7.35. The highest BCUT2D eigenvalue weighted by molar-refractivity contribution is 5.95. The van der Waals surface area contributed by atoms with E-state index < -0.39 is 5.41 Å². The molecule has 3 saturated heterocycles. The molecule has 4 fully saturated rings. The van der Waals surface area contributed by atoms with Crippen LogP contribution < -0.4 is 10.2 Å². The number of likely N-dealkylation sites (tertiary alicyclic amines) is 2. The molecule has 1 saturated carbocycles. The van der Waals surface area contributed by atoms with Crippen LogP contribution in [0, 0.1) is 22.7 Å². The van der Waals surface area contributed by atoms with Crippen molar-refractivity contribution in [2.24, 2.45) is 22.7 Å². The number of amides is 3. The normalized spacial score (nSPS) is 25.1. The van der Waals surface area contributed by atoms with Crippen molar-refractivity contribution in [1.82, 2.24) is 24.9 Å². The van der Waals surface area contributed by atoms with Crippen LogP contribution in [0.4, 0.5) is 5.69 Å². The smallest absolute Gasteiger partial charge is 0.257 e. The molecule has 3 amide bonds. The van der Waals surface area contributed by atoms with Crippen LogP contribution in [0.1, 0.15) is 42.6 Å². The molecule has 0 radical (unpaired) electrons. The minimum Gasteiger partial charge on any atom is -0.369 e. The maximum Gasteiger partial charge on any atom is 0.257 e. The molecule has 4 aliphatic rings. The lowest BCUT2D eigenvalue weighted by atomic mass is 9.70. The van der Waals surface area contributed by atoms with E-state index in [1.54, 1.807) is 17.1 Å². The van der Waals surface area contributed by atoms with Gasteiger partial charge in [0.15, 0.2) is 0 Å². The van der Waals surface area contributed by atoms with E-state index in [-0.39, 0.29) is 41.0 Å². The number of nitrogens with zero attached hydrogens (tertiary/aromatic N) is 5. The van der Waals surface area contributed by atoms with E-state index in [4.69, 9.17) is 0 Å². The van der Waals surface area contributed by atoms with Crippen LogP contribution in [0.3, 0.4) is 0 Å². The number of nitrogens with one attached hydrogen (secondary N) is 1. The van der Waals surface area contributed by atoms with Crippen molar-refractivity contribution in [1.29, 1.82) is 0 Å². The molecule has 9 nitrogen and oxygen atoms in total. The van der Waals surface area contributed by atoms with Crippen molar-refractivity contribution < 1.29 is 14.4 Å². The Kier molecular flexibility index (Phi) is 6.78. The van der Waals surface area contributed by atoms with Crippen LogP contribution in [0.2, 0.25) is 0 Å². The third-order valence-electron chi connectivity index (χ3n) is 10.1. The van der Waals surface area contributed by atoms with E-state index in [0.717, 1.165) is 37.2 Å². The van der Waals surface area contributed by atoms with Crippen molar-refractivity contribution in [2.75, 3.05) is 44.2 Å². The lowest BCUT2D eigenvalue weighted by Crippen LogP contribution is -2.64. The molecule has 43 heavy (non-hydrogen) atoms. The summed E-state index contributed by atoms with van der Waals surface area (Å²) in [6.07, 6.45) is 5.20. The van der Waals surface area contributed by atoms with Gasteiger partial charge in [-0.05, 0) is 36.0 Å². The summed E-state index contributed by atoms with van der Waals surface area (Å²) in [5.74, 6) is -0.227. The van der Waals surface area contributed by atoms with Gasteiger partial charge in [0.05, 0.1) is 24.2 Å². The Labute approximate surface area is 252 Å². The molecule has 3 aromatic rings. The van der Waals surface area contributed by atoms with E-state index in [1.807, 2.05) is 58.3 Å². The van der Waals surface area contributed by atoms with Crippen LogP contribution in [-0.2, 0) is 16.1 Å². The standard InChI is InChI=1S/C34H40N6O3/c1-33(2)15-28(33)32(43)39-22-34(23-39)21-38(31(42)25-16-35-40(18-25)17-24-9-5-3-6-10-24)20-29(34)30(41)36-26-13-14-37(19-26)27-11-7-4-8-12-27/h3-12,16,18,26,28-29H,13-15,17,19-23H2,1-2H3,(H,36,41)/t26-,28-,29+/m1/s1. The van der Waals surface area contributed by atoms with Gasteiger partial charge in [0.1, 0.15) is 0 Å². The first-order chi connectivity index (χ1) is 20.7. The van der Waals surface area contributed by atoms with Gasteiger partial charge < -0.3 is 20.0 Å². The Balaban J connectivity index is 1.05. The van der Waals surface area contributed by atoms with Gasteiger partial charge >= 0.3 is 0 Å². The molecule has 1 spiro atoms. The molecule has 0 bridgehead atoms. The summed E-state index contributed by atoms with van der Waals surface area (Å²) < 4.78 is 1.78. The molecule has 1 aliphatic carbocycles. The van der Waals surface area contributed by atoms with E-state index >= 15 is 0 Å². The summed E-state index contributed by atoms with van der Waals surface area (Å²) in [5.41, 5.74) is 2.43. The monoisotopic (exact) mass is 580 g/mol. The lowest BCUT2D eigenvalue weighted by Gasteiger charge is -2.50. The largest absolute Gasteiger partial charge is 0.369 e. The lowest BCUT2D eigenvalue weighted by molar-refractivity contribution is -0.151. The first-order valence-corrected chi connectivity index (χ1v) is 15.5. The summed E-state index contributed by atoms with van der Waals surface area (Å²) in [6.45, 7) is 8.36. The quantitative estimate of drug-likeness (QED) is 0.463. The fourth-order valence-corrected chi connectivity index (χ4v) is 7.35. The van der Waals surface area contributed by atoms with E-state index in [9.17, 15) is 14.4 Å². The summed E-state index contributed by atoms with van der Waals surface area (Å²) >= 11 is 0. The number of hydrogen-bond donors (Lipinski definition) is 1. The highest BCUT2D eigenvalue weighted by Crippen LogP contribution is 2.54. The highest BCUT2D eigenvalue weighted by Gasteiger charge is 2.62. The van der Waals surface area contributed by atoms with Crippen molar-refractivity contribution in [2.45, 2.75) is 39.3 Å². The van der Waals surface area contributed by atoms with Gasteiger partial charge in [0.2, 0.25) is 11.8 Å². The van der Waals surface area contributed by atoms with Crippen molar-refractivity contribution in [3.63, 3.8) is 0 Å². The van der Waals surface area contributed by atoms with Crippen LogP contribution in [0.15, 0.2) is 73.1 Å². The van der Waals surface area contributed by atoms with Crippen LogP contribution in [0.25, 0.3) is 0 Å². The molecule has 0 unspecified atom stereocenters. The van der Waals surface area contributed by atoms with E-state index in [0.29, 0.717) is 38.3 Å². The second-order valence-corrected chi connectivity index (χ2v) is 13.7. The van der Waals surface area contributed by atoms with Crippen molar-refractivity contribution >= 4 is 23.4 Å². The topological polar surface area (TPSA) is 90.8 Å². The Morgan fingerprint density at radius 1 is 0.907 bits per heavy atom. The number of para-hydroxylation sites is 1. The van der Waals surface area contributed by atoms with Gasteiger partial charge in [-0.15, -0.1) is 0 Å². The number of carbonyl (C=O) groups is 3. The fraction of sp³-hybridized carbons (Fsp3) is 0.471. The third kappa shape index (κ3) is 5.30. The zero-order chi connectivity index (χ0) is 29.8. The summed E-state index contributed by atoms with van der Waals surface area (Å²) in [7, 11) is 0. The molecule has 224 valence electrons. The number of anilines is 1. The Morgan fingerprint density at radius 2 is 1.58 bits per heavy atom. The first-order valence-electron chi connectivity index (χ1n) is 15.5. The van der Waals surface area contributed by atoms with Gasteiger partial charge in [-0.25, -0.2) is 0 Å². The van der Waals surface area contributed by atoms with Gasteiger partial charge in [0.25, 0.3) is 5.91 Å². The molecule has 7 rings (SSSR count). The SMILES string of the molecule is CC1(C)C[C@@H]1C(=O)N1CC2(CN(C(=O)c3cnn(Cc4ccccc4)c3)C[C@H]2C(=O)N[C@@H]2CCN(c3ccccc3)C2)C1. The van der Waals surface area contributed by atoms with E-state index in [1.165, 1.54) is 0 Å². The van der Waals surface area contributed by atoms with Crippen LogP contribution in [-0.4, -0.2) is 82.6 Å². The molecule has 4 heterocycles. The van der Waals surface area contributed by atoms with Crippen molar-refractivity contribution in [3.05, 3.63) is 84.2 Å². The highest BCUT2D eigenvalue weighted by atomic mass is 16.2. The van der Waals surface area contributed by atoms with Gasteiger partial charge in [-0.2, -0.15) is 5.10 Å². The zero-order valence-corrected chi connectivity index (χ0v) is 25.0. The molecule has 3 atom stereocenters. The Bertz CT molecular complexity index is 1510. The third-order valence-corrected chi connectivity index (χ3v) is 10.1. The van der Waals surface area contributed by atoms with Crippen LogP contribution in [0.5, 0.6) is 0 Å². The molecular formula is C34H40N6O3. The Hall–Kier alpha value is -4.14. The number of carbonyl (C=O) groups excluding carboxylic acids is 3. The summed E-state index contributed by atoms with van der Waals surface area (Å²) in [4.78, 5) is 46.8. The average Bonchev–Trinajstić information content (AvgIpc) is 3.46. The minimum atomic E-state index is -0.424. The summed E-state index contributed by atoms with van der Waals surface area (Å²) in [5, 5.41) is 7.77. The zero-order valence-electron chi connectivity index (χ0n) is 25.0. The second kappa shape index (κ2) is 10.5. The molecular weight excluding hydrogens is 540 g/mol. The van der Waals surface area contributed by atoms with E-state index in [2.05, 4.69) is 41.3 Å². The molecule has 1 N–H and O–H groups in total. The maximum absolute atomic E-state index is 13.9. The Morgan fingerprint density at radius 3 is 2.28 bits per heavy atom. The number of rotatable bonds is 7. The minimum absolute atomic E-state index is 0.00571. The first kappa shape index (κ1) is 27.7.